The maximum Gasteiger partial charge on any atom is 0.0761 e. The van der Waals surface area contributed by atoms with Crippen LogP contribution in [0.5, 0.6) is 0 Å². The van der Waals surface area contributed by atoms with Crippen molar-refractivity contribution >= 4 is 0 Å². The highest BCUT2D eigenvalue weighted by Gasteiger charge is 1.88. The van der Waals surface area contributed by atoms with Crippen LogP contribution in [0.4, 0.5) is 0 Å². The van der Waals surface area contributed by atoms with Crippen molar-refractivity contribution < 1.29 is 5.11 Å². The van der Waals surface area contributed by atoms with Gasteiger partial charge in [-0.1, -0.05) is 63.4 Å². The maximum atomic E-state index is 8.38. The highest BCUT2D eigenvalue weighted by molar-refractivity contribution is 5.16. The molecule has 0 heterocycles. The Morgan fingerprint density at radius 3 is 2.35 bits per heavy atom. The van der Waals surface area contributed by atoms with Crippen LogP contribution in [0, 0.1) is 11.8 Å². The molecule has 0 rings (SSSR count). The summed E-state index contributed by atoms with van der Waals surface area (Å²) in [6.07, 6.45) is 18.0. The number of aliphatic hydroxyl groups excluding tert-OH is 1. The van der Waals surface area contributed by atoms with Gasteiger partial charge in [-0.2, -0.15) is 0 Å². The molecule has 0 amide bonds. The van der Waals surface area contributed by atoms with Crippen molar-refractivity contribution in [2.45, 2.75) is 64.7 Å². The van der Waals surface area contributed by atoms with Crippen LogP contribution in [0.2, 0.25) is 0 Å². The van der Waals surface area contributed by atoms with Gasteiger partial charge in [-0.05, 0) is 25.0 Å². The first-order valence-corrected chi connectivity index (χ1v) is 6.84. The molecular weight excluding hydrogens is 208 g/mol. The second-order valence-electron chi connectivity index (χ2n) is 4.22. The summed E-state index contributed by atoms with van der Waals surface area (Å²) in [6.45, 7) is 2.25. The van der Waals surface area contributed by atoms with E-state index in [0.717, 1.165) is 12.7 Å². The van der Waals surface area contributed by atoms with Crippen molar-refractivity contribution in [2.24, 2.45) is 0 Å². The lowest BCUT2D eigenvalue weighted by Gasteiger charge is -1.98. The van der Waals surface area contributed by atoms with Gasteiger partial charge in [0, 0.05) is 6.42 Å². The number of hydrogen-bond donors (Lipinski definition) is 1. The van der Waals surface area contributed by atoms with Crippen LogP contribution < -0.4 is 0 Å². The molecule has 0 atom stereocenters. The third-order valence-electron chi connectivity index (χ3n) is 2.60. The molecule has 96 valence electrons. The fraction of sp³-hybridized carbons (Fsp3) is 0.625. The summed E-state index contributed by atoms with van der Waals surface area (Å²) < 4.78 is 0. The molecule has 0 aromatic carbocycles. The van der Waals surface area contributed by atoms with Gasteiger partial charge in [0.2, 0.25) is 0 Å². The van der Waals surface area contributed by atoms with E-state index in [0.29, 0.717) is 6.42 Å². The van der Waals surface area contributed by atoms with Gasteiger partial charge in [-0.15, -0.1) is 0 Å². The molecule has 0 radical (unpaired) electrons. The van der Waals surface area contributed by atoms with Crippen LogP contribution in [-0.4, -0.2) is 5.11 Å². The molecule has 0 unspecified atom stereocenters. The fourth-order valence-corrected chi connectivity index (χ4v) is 1.59. The maximum absolute atomic E-state index is 8.38. The summed E-state index contributed by atoms with van der Waals surface area (Å²) >= 11 is 0. The number of aliphatic hydroxyl groups is 1. The smallest absolute Gasteiger partial charge is 0.0761 e. The highest BCUT2D eigenvalue weighted by Crippen LogP contribution is 2.08. The SMILES string of the molecule is CCCCCCCCCC=CC#CCC=CO. The van der Waals surface area contributed by atoms with E-state index in [1.54, 1.807) is 6.08 Å². The van der Waals surface area contributed by atoms with E-state index in [4.69, 9.17) is 5.11 Å². The second kappa shape index (κ2) is 14.8. The predicted octanol–water partition coefficient (Wildman–Crippen LogP) is 5.15. The van der Waals surface area contributed by atoms with Gasteiger partial charge in [0.1, 0.15) is 0 Å². The second-order valence-corrected chi connectivity index (χ2v) is 4.22. The molecule has 0 aliphatic carbocycles. The van der Waals surface area contributed by atoms with Crippen molar-refractivity contribution in [3.05, 3.63) is 24.5 Å². The molecule has 1 nitrogen and oxygen atoms in total. The zero-order valence-corrected chi connectivity index (χ0v) is 11.1. The third-order valence-corrected chi connectivity index (χ3v) is 2.60. The van der Waals surface area contributed by atoms with Crippen LogP contribution in [0.3, 0.4) is 0 Å². The molecule has 1 heteroatoms. The van der Waals surface area contributed by atoms with Crippen molar-refractivity contribution in [1.29, 1.82) is 0 Å². The van der Waals surface area contributed by atoms with Crippen LogP contribution in [-0.2, 0) is 0 Å². The normalized spacial score (nSPS) is 10.9. The summed E-state index contributed by atoms with van der Waals surface area (Å²) in [5.74, 6) is 5.87. The zero-order chi connectivity index (χ0) is 12.6. The van der Waals surface area contributed by atoms with Crippen molar-refractivity contribution in [2.75, 3.05) is 0 Å². The summed E-state index contributed by atoms with van der Waals surface area (Å²) in [4.78, 5) is 0. The molecule has 0 fully saturated rings. The molecule has 1 N–H and O–H groups in total. The minimum Gasteiger partial charge on any atom is -0.516 e. The van der Waals surface area contributed by atoms with Gasteiger partial charge in [-0.25, -0.2) is 0 Å². The molecule has 17 heavy (non-hydrogen) atoms. The van der Waals surface area contributed by atoms with Gasteiger partial charge < -0.3 is 5.11 Å². The Bertz CT molecular complexity index is 252. The molecule has 0 aromatic rings. The summed E-state index contributed by atoms with van der Waals surface area (Å²) in [5.41, 5.74) is 0. The van der Waals surface area contributed by atoms with Gasteiger partial charge in [0.05, 0.1) is 6.26 Å². The molecule has 0 saturated heterocycles. The minimum atomic E-state index is 0.623. The Balaban J connectivity index is 3.20. The van der Waals surface area contributed by atoms with Crippen LogP contribution >= 0.6 is 0 Å². The Labute approximate surface area is 107 Å². The number of unbranched alkanes of at least 4 members (excludes halogenated alkanes) is 7. The molecule has 0 spiro atoms. The predicted molar refractivity (Wildman–Crippen MR) is 75.9 cm³/mol. The molecular formula is C16H26O. The summed E-state index contributed by atoms with van der Waals surface area (Å²) in [5, 5.41) is 8.38. The van der Waals surface area contributed by atoms with Gasteiger partial charge >= 0.3 is 0 Å². The largest absolute Gasteiger partial charge is 0.516 e. The molecule has 0 saturated carbocycles. The Kier molecular flexibility index (Phi) is 13.8. The van der Waals surface area contributed by atoms with Crippen molar-refractivity contribution in [3.63, 3.8) is 0 Å². The van der Waals surface area contributed by atoms with E-state index in [1.807, 2.05) is 6.08 Å². The van der Waals surface area contributed by atoms with Crippen LogP contribution in [0.25, 0.3) is 0 Å². The topological polar surface area (TPSA) is 20.2 Å². The third kappa shape index (κ3) is 14.8. The van der Waals surface area contributed by atoms with Gasteiger partial charge in [-0.3, -0.25) is 0 Å². The number of hydrogen-bond acceptors (Lipinski definition) is 1. The molecule has 0 aliphatic rings. The highest BCUT2D eigenvalue weighted by atomic mass is 16.2. The first-order chi connectivity index (χ1) is 8.41. The Morgan fingerprint density at radius 1 is 0.941 bits per heavy atom. The average molecular weight is 234 g/mol. The van der Waals surface area contributed by atoms with E-state index in [9.17, 15) is 0 Å². The first kappa shape index (κ1) is 15.8. The first-order valence-electron chi connectivity index (χ1n) is 6.84. The molecule has 0 aromatic heterocycles. The lowest BCUT2D eigenvalue weighted by molar-refractivity contribution is 0.472. The van der Waals surface area contributed by atoms with Crippen LogP contribution in [0.15, 0.2) is 24.5 Å². The van der Waals surface area contributed by atoms with E-state index in [-0.39, 0.29) is 0 Å². The standard InChI is InChI=1S/C16H26O/c1-2-3-4-5-6-7-8-9-10-11-12-13-14-15-16-17/h10-11,15-17H,2-9,14H2,1H3. The van der Waals surface area contributed by atoms with E-state index < -0.39 is 0 Å². The zero-order valence-electron chi connectivity index (χ0n) is 11.1. The van der Waals surface area contributed by atoms with Crippen LogP contribution in [0.1, 0.15) is 64.7 Å². The number of allylic oxidation sites excluding steroid dienone is 3. The summed E-state index contributed by atoms with van der Waals surface area (Å²) in [6, 6.07) is 0. The quantitative estimate of drug-likeness (QED) is 0.332. The van der Waals surface area contributed by atoms with Gasteiger partial charge in [0.15, 0.2) is 0 Å². The monoisotopic (exact) mass is 234 g/mol. The lowest BCUT2D eigenvalue weighted by Crippen LogP contribution is -1.78. The molecule has 0 bridgehead atoms. The van der Waals surface area contributed by atoms with Crippen molar-refractivity contribution in [1.82, 2.24) is 0 Å². The Hall–Kier alpha value is -1.16. The lowest BCUT2D eigenvalue weighted by atomic mass is 10.1. The minimum absolute atomic E-state index is 0.623. The van der Waals surface area contributed by atoms with Crippen molar-refractivity contribution in [3.8, 4) is 11.8 Å². The van der Waals surface area contributed by atoms with E-state index in [2.05, 4.69) is 24.8 Å². The van der Waals surface area contributed by atoms with E-state index >= 15 is 0 Å². The average Bonchev–Trinajstić information content (AvgIpc) is 2.35. The fourth-order valence-electron chi connectivity index (χ4n) is 1.59. The molecule has 0 aliphatic heterocycles. The number of rotatable bonds is 9. The van der Waals surface area contributed by atoms with Gasteiger partial charge in [0.25, 0.3) is 0 Å². The Morgan fingerprint density at radius 2 is 1.65 bits per heavy atom. The summed E-state index contributed by atoms with van der Waals surface area (Å²) in [7, 11) is 0. The van der Waals surface area contributed by atoms with E-state index in [1.165, 1.54) is 44.9 Å².